The molecule has 1 atom stereocenters. The number of carbonyl (C=O) groups is 2. The topological polar surface area (TPSA) is 62.4 Å². The SMILES string of the molecule is CN(C)C(=O)[C@@H](OC(=O)c1ccc[nH]1)c1ccccc1. The highest BCUT2D eigenvalue weighted by Crippen LogP contribution is 2.20. The number of ether oxygens (including phenoxy) is 1. The van der Waals surface area contributed by atoms with Crippen LogP contribution in [0.25, 0.3) is 0 Å². The lowest BCUT2D eigenvalue weighted by atomic mass is 10.1. The summed E-state index contributed by atoms with van der Waals surface area (Å²) in [7, 11) is 3.25. The Kier molecular flexibility index (Phi) is 4.20. The van der Waals surface area contributed by atoms with Gasteiger partial charge in [-0.1, -0.05) is 30.3 Å². The van der Waals surface area contributed by atoms with Crippen molar-refractivity contribution in [2.45, 2.75) is 6.10 Å². The van der Waals surface area contributed by atoms with Crippen LogP contribution in [0, 0.1) is 0 Å². The molecule has 0 bridgehead atoms. The van der Waals surface area contributed by atoms with Crippen molar-refractivity contribution in [2.75, 3.05) is 14.1 Å². The standard InChI is InChI=1S/C15H16N2O3/c1-17(2)14(18)13(11-7-4-3-5-8-11)20-15(19)12-9-6-10-16-12/h3-10,13,16H,1-2H3/t13-/m0/s1. The van der Waals surface area contributed by atoms with E-state index in [0.29, 0.717) is 11.3 Å². The van der Waals surface area contributed by atoms with Gasteiger partial charge in [-0.2, -0.15) is 0 Å². The van der Waals surface area contributed by atoms with Gasteiger partial charge in [-0.15, -0.1) is 0 Å². The molecule has 0 aliphatic heterocycles. The molecule has 0 saturated heterocycles. The summed E-state index contributed by atoms with van der Waals surface area (Å²) in [6, 6.07) is 12.3. The van der Waals surface area contributed by atoms with E-state index in [0.717, 1.165) is 0 Å². The van der Waals surface area contributed by atoms with Crippen LogP contribution in [0.2, 0.25) is 0 Å². The first-order valence-electron chi connectivity index (χ1n) is 6.20. The number of likely N-dealkylation sites (N-methyl/N-ethyl adjacent to an activating group) is 1. The maximum absolute atomic E-state index is 12.2. The zero-order chi connectivity index (χ0) is 14.5. The number of benzene rings is 1. The summed E-state index contributed by atoms with van der Waals surface area (Å²) in [5.41, 5.74) is 0.962. The number of H-pyrrole nitrogens is 1. The van der Waals surface area contributed by atoms with Gasteiger partial charge < -0.3 is 14.6 Å². The Labute approximate surface area is 117 Å². The van der Waals surface area contributed by atoms with Gasteiger partial charge in [-0.05, 0) is 12.1 Å². The van der Waals surface area contributed by atoms with E-state index in [1.54, 1.807) is 56.7 Å². The number of nitrogens with one attached hydrogen (secondary N) is 1. The molecule has 0 unspecified atom stereocenters. The van der Waals surface area contributed by atoms with Crippen molar-refractivity contribution in [1.82, 2.24) is 9.88 Å². The van der Waals surface area contributed by atoms with Crippen molar-refractivity contribution in [1.29, 1.82) is 0 Å². The average molecular weight is 272 g/mol. The molecule has 2 aromatic rings. The Hall–Kier alpha value is -2.56. The third-order valence-electron chi connectivity index (χ3n) is 2.81. The van der Waals surface area contributed by atoms with E-state index in [1.807, 2.05) is 6.07 Å². The van der Waals surface area contributed by atoms with Gasteiger partial charge in [0.15, 0.2) is 0 Å². The third kappa shape index (κ3) is 3.06. The molecular formula is C15H16N2O3. The zero-order valence-electron chi connectivity index (χ0n) is 11.4. The number of esters is 1. The first kappa shape index (κ1) is 13.9. The maximum atomic E-state index is 12.2. The molecule has 0 fully saturated rings. The van der Waals surface area contributed by atoms with Crippen LogP contribution >= 0.6 is 0 Å². The largest absolute Gasteiger partial charge is 0.443 e. The molecule has 0 aliphatic rings. The van der Waals surface area contributed by atoms with Crippen LogP contribution in [0.4, 0.5) is 0 Å². The molecule has 104 valence electrons. The Balaban J connectivity index is 2.24. The lowest BCUT2D eigenvalue weighted by Crippen LogP contribution is -2.31. The highest BCUT2D eigenvalue weighted by atomic mass is 16.5. The van der Waals surface area contributed by atoms with Crippen molar-refractivity contribution in [3.8, 4) is 0 Å². The number of aromatic amines is 1. The van der Waals surface area contributed by atoms with Crippen molar-refractivity contribution < 1.29 is 14.3 Å². The Morgan fingerprint density at radius 1 is 1.10 bits per heavy atom. The summed E-state index contributed by atoms with van der Waals surface area (Å²) in [4.78, 5) is 28.3. The second-order valence-corrected chi connectivity index (χ2v) is 4.51. The van der Waals surface area contributed by atoms with Gasteiger partial charge >= 0.3 is 5.97 Å². The fourth-order valence-electron chi connectivity index (χ4n) is 1.75. The first-order valence-corrected chi connectivity index (χ1v) is 6.20. The predicted octanol–water partition coefficient (Wildman–Crippen LogP) is 2.00. The highest BCUT2D eigenvalue weighted by Gasteiger charge is 2.27. The minimum absolute atomic E-state index is 0.281. The number of amides is 1. The van der Waals surface area contributed by atoms with Gasteiger partial charge in [0.25, 0.3) is 5.91 Å². The van der Waals surface area contributed by atoms with Crippen LogP contribution in [-0.2, 0) is 9.53 Å². The second kappa shape index (κ2) is 6.06. The monoisotopic (exact) mass is 272 g/mol. The maximum Gasteiger partial charge on any atom is 0.355 e. The molecule has 2 rings (SSSR count). The minimum atomic E-state index is -0.943. The van der Waals surface area contributed by atoms with E-state index in [4.69, 9.17) is 4.74 Å². The van der Waals surface area contributed by atoms with Crippen molar-refractivity contribution in [3.63, 3.8) is 0 Å². The van der Waals surface area contributed by atoms with Crippen LogP contribution in [0.15, 0.2) is 48.7 Å². The van der Waals surface area contributed by atoms with Crippen LogP contribution in [-0.4, -0.2) is 35.9 Å². The Bertz CT molecular complexity index is 576. The Morgan fingerprint density at radius 2 is 1.80 bits per heavy atom. The van der Waals surface area contributed by atoms with Crippen LogP contribution in [0.3, 0.4) is 0 Å². The molecular weight excluding hydrogens is 256 g/mol. The molecule has 0 saturated carbocycles. The molecule has 0 aliphatic carbocycles. The van der Waals surface area contributed by atoms with Crippen LogP contribution in [0.5, 0.6) is 0 Å². The van der Waals surface area contributed by atoms with Crippen molar-refractivity contribution >= 4 is 11.9 Å². The average Bonchev–Trinajstić information content (AvgIpc) is 2.99. The molecule has 1 aromatic carbocycles. The summed E-state index contributed by atoms with van der Waals surface area (Å²) >= 11 is 0. The number of hydrogen-bond donors (Lipinski definition) is 1. The summed E-state index contributed by atoms with van der Waals surface area (Å²) in [6.07, 6.45) is 0.684. The van der Waals surface area contributed by atoms with Crippen molar-refractivity contribution in [2.24, 2.45) is 0 Å². The van der Waals surface area contributed by atoms with Crippen molar-refractivity contribution in [3.05, 3.63) is 59.9 Å². The number of aromatic nitrogens is 1. The van der Waals surface area contributed by atoms with Gasteiger partial charge in [-0.3, -0.25) is 4.79 Å². The molecule has 20 heavy (non-hydrogen) atoms. The fraction of sp³-hybridized carbons (Fsp3) is 0.200. The van der Waals surface area contributed by atoms with Crippen LogP contribution < -0.4 is 0 Å². The van der Waals surface area contributed by atoms with E-state index in [-0.39, 0.29) is 5.91 Å². The molecule has 5 heteroatoms. The lowest BCUT2D eigenvalue weighted by Gasteiger charge is -2.20. The van der Waals surface area contributed by atoms with E-state index in [2.05, 4.69) is 4.98 Å². The van der Waals surface area contributed by atoms with Gasteiger partial charge in [-0.25, -0.2) is 4.79 Å². The van der Waals surface area contributed by atoms with E-state index >= 15 is 0 Å². The fourth-order valence-corrected chi connectivity index (χ4v) is 1.75. The van der Waals surface area contributed by atoms with Gasteiger partial charge in [0, 0.05) is 25.9 Å². The predicted molar refractivity (Wildman–Crippen MR) is 74.1 cm³/mol. The summed E-state index contributed by atoms with van der Waals surface area (Å²) in [5.74, 6) is -0.838. The summed E-state index contributed by atoms with van der Waals surface area (Å²) < 4.78 is 5.34. The van der Waals surface area contributed by atoms with E-state index in [9.17, 15) is 9.59 Å². The van der Waals surface area contributed by atoms with Gasteiger partial charge in [0.1, 0.15) is 5.69 Å². The molecule has 1 N–H and O–H groups in total. The molecule has 1 aromatic heterocycles. The molecule has 5 nitrogen and oxygen atoms in total. The van der Waals surface area contributed by atoms with Gasteiger partial charge in [0.2, 0.25) is 6.10 Å². The number of nitrogens with zero attached hydrogens (tertiary/aromatic N) is 1. The first-order chi connectivity index (χ1) is 9.59. The number of carbonyl (C=O) groups excluding carboxylic acids is 2. The normalized spacial score (nSPS) is 11.7. The summed E-state index contributed by atoms with van der Waals surface area (Å²) in [6.45, 7) is 0. The van der Waals surface area contributed by atoms with E-state index < -0.39 is 12.1 Å². The minimum Gasteiger partial charge on any atom is -0.443 e. The Morgan fingerprint density at radius 3 is 2.35 bits per heavy atom. The molecule has 1 heterocycles. The van der Waals surface area contributed by atoms with E-state index in [1.165, 1.54) is 4.90 Å². The third-order valence-corrected chi connectivity index (χ3v) is 2.81. The smallest absolute Gasteiger partial charge is 0.355 e. The quantitative estimate of drug-likeness (QED) is 0.866. The highest BCUT2D eigenvalue weighted by molar-refractivity contribution is 5.91. The molecule has 0 spiro atoms. The second-order valence-electron chi connectivity index (χ2n) is 4.51. The lowest BCUT2D eigenvalue weighted by molar-refractivity contribution is -0.138. The molecule has 1 amide bonds. The number of hydrogen-bond acceptors (Lipinski definition) is 3. The van der Waals surface area contributed by atoms with Gasteiger partial charge in [0.05, 0.1) is 0 Å². The summed E-state index contributed by atoms with van der Waals surface area (Å²) in [5, 5.41) is 0. The molecule has 0 radical (unpaired) electrons. The van der Waals surface area contributed by atoms with Crippen LogP contribution in [0.1, 0.15) is 22.2 Å². The number of rotatable bonds is 4. The zero-order valence-corrected chi connectivity index (χ0v) is 11.4.